The van der Waals surface area contributed by atoms with Gasteiger partial charge in [0.2, 0.25) is 0 Å². The van der Waals surface area contributed by atoms with E-state index in [1.165, 1.54) is 51.4 Å². The first kappa shape index (κ1) is 13.6. The highest BCUT2D eigenvalue weighted by Crippen LogP contribution is 2.44. The van der Waals surface area contributed by atoms with Crippen LogP contribution in [0, 0.1) is 11.8 Å². The maximum Gasteiger partial charge on any atom is 0.136 e. The molecular formula is C17H28O2. The van der Waals surface area contributed by atoms with Crippen molar-refractivity contribution in [1.82, 2.24) is 0 Å². The Morgan fingerprint density at radius 2 is 1.74 bits per heavy atom. The monoisotopic (exact) mass is 264 g/mol. The lowest BCUT2D eigenvalue weighted by molar-refractivity contribution is -0.139. The average molecular weight is 264 g/mol. The molecule has 2 aliphatic carbocycles. The van der Waals surface area contributed by atoms with Crippen LogP contribution in [0.15, 0.2) is 0 Å². The molecular weight excluding hydrogens is 236 g/mol. The Morgan fingerprint density at radius 1 is 0.947 bits per heavy atom. The van der Waals surface area contributed by atoms with Crippen LogP contribution in [0.25, 0.3) is 0 Å². The van der Waals surface area contributed by atoms with Gasteiger partial charge in [-0.3, -0.25) is 4.79 Å². The quantitative estimate of drug-likeness (QED) is 0.661. The van der Waals surface area contributed by atoms with E-state index in [0.29, 0.717) is 17.6 Å². The van der Waals surface area contributed by atoms with Crippen molar-refractivity contribution in [1.29, 1.82) is 0 Å². The van der Waals surface area contributed by atoms with E-state index in [4.69, 9.17) is 4.74 Å². The van der Waals surface area contributed by atoms with Crippen molar-refractivity contribution >= 4 is 5.78 Å². The Hall–Kier alpha value is -0.370. The third-order valence-electron chi connectivity index (χ3n) is 5.72. The first-order valence-corrected chi connectivity index (χ1v) is 8.46. The first-order chi connectivity index (χ1) is 9.29. The highest BCUT2D eigenvalue weighted by atomic mass is 16.5. The zero-order chi connectivity index (χ0) is 13.1. The van der Waals surface area contributed by atoms with E-state index in [0.717, 1.165) is 32.3 Å². The molecule has 1 spiro atoms. The fourth-order valence-electron chi connectivity index (χ4n) is 4.64. The largest absolute Gasteiger partial charge is 0.375 e. The lowest BCUT2D eigenvalue weighted by Gasteiger charge is -2.45. The highest BCUT2D eigenvalue weighted by molar-refractivity contribution is 5.81. The summed E-state index contributed by atoms with van der Waals surface area (Å²) < 4.78 is 6.18. The van der Waals surface area contributed by atoms with E-state index in [-0.39, 0.29) is 5.60 Å². The van der Waals surface area contributed by atoms with Crippen molar-refractivity contribution in [2.75, 3.05) is 6.61 Å². The Kier molecular flexibility index (Phi) is 4.26. The lowest BCUT2D eigenvalue weighted by Crippen LogP contribution is -2.44. The molecule has 0 aromatic heterocycles. The van der Waals surface area contributed by atoms with E-state index in [9.17, 15) is 4.79 Å². The molecule has 2 unspecified atom stereocenters. The number of rotatable bonds is 1. The summed E-state index contributed by atoms with van der Waals surface area (Å²) in [6.07, 6.45) is 14.4. The van der Waals surface area contributed by atoms with Crippen LogP contribution < -0.4 is 0 Å². The Labute approximate surface area is 117 Å². The molecule has 1 heterocycles. The first-order valence-electron chi connectivity index (χ1n) is 8.46. The highest BCUT2D eigenvalue weighted by Gasteiger charge is 2.42. The predicted molar refractivity (Wildman–Crippen MR) is 76.1 cm³/mol. The third kappa shape index (κ3) is 3.04. The van der Waals surface area contributed by atoms with Crippen LogP contribution in [0.3, 0.4) is 0 Å². The molecule has 0 aromatic carbocycles. The molecule has 2 atom stereocenters. The summed E-state index contributed by atoms with van der Waals surface area (Å²) in [7, 11) is 0. The molecule has 2 nitrogen and oxygen atoms in total. The summed E-state index contributed by atoms with van der Waals surface area (Å²) >= 11 is 0. The minimum absolute atomic E-state index is 0.160. The maximum atomic E-state index is 12.3. The minimum Gasteiger partial charge on any atom is -0.375 e. The van der Waals surface area contributed by atoms with Gasteiger partial charge >= 0.3 is 0 Å². The second-order valence-electron chi connectivity index (χ2n) is 7.02. The van der Waals surface area contributed by atoms with E-state index in [1.807, 2.05) is 0 Å². The van der Waals surface area contributed by atoms with Gasteiger partial charge in [0.25, 0.3) is 0 Å². The zero-order valence-electron chi connectivity index (χ0n) is 12.2. The molecule has 3 rings (SSSR count). The maximum absolute atomic E-state index is 12.3. The van der Waals surface area contributed by atoms with Crippen molar-refractivity contribution in [2.45, 2.75) is 82.7 Å². The van der Waals surface area contributed by atoms with E-state index >= 15 is 0 Å². The van der Waals surface area contributed by atoms with Gasteiger partial charge in [-0.15, -0.1) is 0 Å². The van der Waals surface area contributed by atoms with Gasteiger partial charge < -0.3 is 4.74 Å². The molecule has 0 radical (unpaired) electrons. The SMILES string of the molecule is O=C1CCCCCC1C1CCOC2(CCCCC2)C1. The molecule has 3 fully saturated rings. The average Bonchev–Trinajstić information content (AvgIpc) is 2.64. The zero-order valence-corrected chi connectivity index (χ0v) is 12.2. The summed E-state index contributed by atoms with van der Waals surface area (Å²) in [5, 5.41) is 0. The third-order valence-corrected chi connectivity index (χ3v) is 5.72. The molecule has 1 saturated heterocycles. The van der Waals surface area contributed by atoms with E-state index < -0.39 is 0 Å². The Balaban J connectivity index is 1.68. The fraction of sp³-hybridized carbons (Fsp3) is 0.941. The van der Waals surface area contributed by atoms with Gasteiger partial charge in [0.15, 0.2) is 0 Å². The number of Topliss-reactive ketones (excluding diaryl/α,β-unsaturated/α-hetero) is 1. The van der Waals surface area contributed by atoms with Crippen molar-refractivity contribution in [3.63, 3.8) is 0 Å². The number of hydrogen-bond donors (Lipinski definition) is 0. The summed E-state index contributed by atoms with van der Waals surface area (Å²) in [6.45, 7) is 0.897. The van der Waals surface area contributed by atoms with Crippen LogP contribution in [0.1, 0.15) is 77.0 Å². The molecule has 1 aliphatic heterocycles. The van der Waals surface area contributed by atoms with Gasteiger partial charge in [-0.1, -0.05) is 32.1 Å². The summed E-state index contributed by atoms with van der Waals surface area (Å²) in [5.41, 5.74) is 0.160. The summed E-state index contributed by atoms with van der Waals surface area (Å²) in [4.78, 5) is 12.3. The second-order valence-corrected chi connectivity index (χ2v) is 7.02. The summed E-state index contributed by atoms with van der Waals surface area (Å²) in [5.74, 6) is 1.55. The molecule has 19 heavy (non-hydrogen) atoms. The number of ether oxygens (including phenoxy) is 1. The Bertz CT molecular complexity index is 312. The number of carbonyl (C=O) groups is 1. The van der Waals surface area contributed by atoms with Gasteiger partial charge in [-0.25, -0.2) is 0 Å². The fourth-order valence-corrected chi connectivity index (χ4v) is 4.64. The van der Waals surface area contributed by atoms with Gasteiger partial charge in [0.05, 0.1) is 5.60 Å². The molecule has 0 bridgehead atoms. The van der Waals surface area contributed by atoms with Crippen molar-refractivity contribution in [2.24, 2.45) is 11.8 Å². The van der Waals surface area contributed by atoms with Crippen LogP contribution in [-0.2, 0) is 9.53 Å². The van der Waals surface area contributed by atoms with Crippen molar-refractivity contribution in [3.05, 3.63) is 0 Å². The van der Waals surface area contributed by atoms with E-state index in [2.05, 4.69) is 0 Å². The molecule has 0 amide bonds. The lowest BCUT2D eigenvalue weighted by atomic mass is 9.70. The number of ketones is 1. The smallest absolute Gasteiger partial charge is 0.136 e. The van der Waals surface area contributed by atoms with Crippen LogP contribution >= 0.6 is 0 Å². The molecule has 0 aromatic rings. The Morgan fingerprint density at radius 3 is 2.58 bits per heavy atom. The molecule has 2 saturated carbocycles. The van der Waals surface area contributed by atoms with E-state index in [1.54, 1.807) is 0 Å². The second kappa shape index (κ2) is 5.95. The molecule has 3 aliphatic rings. The van der Waals surface area contributed by atoms with Gasteiger partial charge in [0, 0.05) is 18.9 Å². The van der Waals surface area contributed by atoms with Gasteiger partial charge in [0.1, 0.15) is 5.78 Å². The molecule has 2 heteroatoms. The van der Waals surface area contributed by atoms with Crippen molar-refractivity contribution in [3.8, 4) is 0 Å². The molecule has 108 valence electrons. The number of hydrogen-bond acceptors (Lipinski definition) is 2. The van der Waals surface area contributed by atoms with Crippen LogP contribution in [0.5, 0.6) is 0 Å². The van der Waals surface area contributed by atoms with Crippen LogP contribution in [0.2, 0.25) is 0 Å². The molecule has 0 N–H and O–H groups in total. The predicted octanol–water partition coefficient (Wildman–Crippen LogP) is 4.27. The standard InChI is InChI=1S/C17H28O2/c18-16-8-4-1-3-7-15(16)14-9-12-19-17(13-14)10-5-2-6-11-17/h14-15H,1-13H2. The van der Waals surface area contributed by atoms with Crippen LogP contribution in [0.4, 0.5) is 0 Å². The van der Waals surface area contributed by atoms with Gasteiger partial charge in [-0.2, -0.15) is 0 Å². The summed E-state index contributed by atoms with van der Waals surface area (Å²) in [6, 6.07) is 0. The minimum atomic E-state index is 0.160. The van der Waals surface area contributed by atoms with Crippen molar-refractivity contribution < 1.29 is 9.53 Å². The normalized spacial score (nSPS) is 36.1. The van der Waals surface area contributed by atoms with Gasteiger partial charge in [-0.05, 0) is 44.4 Å². The topological polar surface area (TPSA) is 26.3 Å². The van der Waals surface area contributed by atoms with Crippen LogP contribution in [-0.4, -0.2) is 18.0 Å². The number of carbonyl (C=O) groups excluding carboxylic acids is 1.